The molecule has 16 heavy (non-hydrogen) atoms. The first-order valence-corrected chi connectivity index (χ1v) is 5.38. The highest BCUT2D eigenvalue weighted by atomic mass is 35.5. The smallest absolute Gasteiger partial charge is 0.0820 e. The van der Waals surface area contributed by atoms with Gasteiger partial charge in [-0.05, 0) is 24.6 Å². The SMILES string of the molecule is Cc1ccc(CNc2ccncc2Cl)cn1. The van der Waals surface area contributed by atoms with Crippen LogP contribution in [0.2, 0.25) is 5.02 Å². The first-order chi connectivity index (χ1) is 7.75. The maximum atomic E-state index is 5.98. The number of nitrogens with zero attached hydrogens (tertiary/aromatic N) is 2. The Hall–Kier alpha value is -1.61. The van der Waals surface area contributed by atoms with Crippen molar-refractivity contribution in [2.45, 2.75) is 13.5 Å². The molecular weight excluding hydrogens is 222 g/mol. The number of hydrogen-bond acceptors (Lipinski definition) is 3. The minimum Gasteiger partial charge on any atom is -0.380 e. The van der Waals surface area contributed by atoms with Crippen LogP contribution in [-0.2, 0) is 6.54 Å². The second kappa shape index (κ2) is 4.94. The molecule has 0 saturated heterocycles. The number of nitrogens with one attached hydrogen (secondary N) is 1. The molecule has 0 radical (unpaired) electrons. The van der Waals surface area contributed by atoms with Crippen molar-refractivity contribution in [1.82, 2.24) is 9.97 Å². The molecule has 0 bridgehead atoms. The summed E-state index contributed by atoms with van der Waals surface area (Å²) in [6, 6.07) is 5.89. The van der Waals surface area contributed by atoms with E-state index in [9.17, 15) is 0 Å². The molecule has 0 aromatic carbocycles. The molecule has 3 nitrogen and oxygen atoms in total. The molecule has 1 N–H and O–H groups in total. The Morgan fingerprint density at radius 3 is 2.81 bits per heavy atom. The van der Waals surface area contributed by atoms with Crippen LogP contribution in [0.15, 0.2) is 36.8 Å². The molecule has 4 heteroatoms. The normalized spacial score (nSPS) is 10.1. The summed E-state index contributed by atoms with van der Waals surface area (Å²) >= 11 is 5.98. The largest absolute Gasteiger partial charge is 0.380 e. The molecule has 0 unspecified atom stereocenters. The Balaban J connectivity index is 2.02. The van der Waals surface area contributed by atoms with Gasteiger partial charge >= 0.3 is 0 Å². The zero-order valence-electron chi connectivity index (χ0n) is 8.94. The van der Waals surface area contributed by atoms with Crippen molar-refractivity contribution < 1.29 is 0 Å². The van der Waals surface area contributed by atoms with Crippen molar-refractivity contribution in [3.8, 4) is 0 Å². The third kappa shape index (κ3) is 2.70. The number of halogens is 1. The lowest BCUT2D eigenvalue weighted by molar-refractivity contribution is 1.08. The molecule has 82 valence electrons. The maximum Gasteiger partial charge on any atom is 0.0820 e. The molecule has 0 aliphatic carbocycles. The van der Waals surface area contributed by atoms with Gasteiger partial charge in [0.15, 0.2) is 0 Å². The number of rotatable bonds is 3. The minimum absolute atomic E-state index is 0.627. The highest BCUT2D eigenvalue weighted by Crippen LogP contribution is 2.19. The van der Waals surface area contributed by atoms with E-state index in [1.807, 2.05) is 31.3 Å². The van der Waals surface area contributed by atoms with Crippen LogP contribution in [0.4, 0.5) is 5.69 Å². The van der Waals surface area contributed by atoms with Gasteiger partial charge in [0, 0.05) is 30.8 Å². The third-order valence-corrected chi connectivity index (χ3v) is 2.53. The number of aryl methyl sites for hydroxylation is 1. The summed E-state index contributed by atoms with van der Waals surface area (Å²) in [7, 11) is 0. The summed E-state index contributed by atoms with van der Waals surface area (Å²) in [5, 5.41) is 3.86. The van der Waals surface area contributed by atoms with E-state index in [1.165, 1.54) is 0 Å². The van der Waals surface area contributed by atoms with E-state index >= 15 is 0 Å². The van der Waals surface area contributed by atoms with Gasteiger partial charge < -0.3 is 5.32 Å². The fraction of sp³-hybridized carbons (Fsp3) is 0.167. The lowest BCUT2D eigenvalue weighted by Crippen LogP contribution is -2.00. The van der Waals surface area contributed by atoms with Gasteiger partial charge in [-0.1, -0.05) is 17.7 Å². The van der Waals surface area contributed by atoms with Crippen LogP contribution in [0.1, 0.15) is 11.3 Å². The summed E-state index contributed by atoms with van der Waals surface area (Å²) in [5.41, 5.74) is 3.03. The lowest BCUT2D eigenvalue weighted by Gasteiger charge is -2.07. The van der Waals surface area contributed by atoms with Crippen molar-refractivity contribution >= 4 is 17.3 Å². The lowest BCUT2D eigenvalue weighted by atomic mass is 10.2. The molecule has 0 spiro atoms. The number of pyridine rings is 2. The topological polar surface area (TPSA) is 37.8 Å². The molecule has 2 aromatic heterocycles. The summed E-state index contributed by atoms with van der Waals surface area (Å²) in [5.74, 6) is 0. The van der Waals surface area contributed by atoms with Gasteiger partial charge in [-0.25, -0.2) is 0 Å². The van der Waals surface area contributed by atoms with E-state index in [-0.39, 0.29) is 0 Å². The number of aromatic nitrogens is 2. The van der Waals surface area contributed by atoms with E-state index in [1.54, 1.807) is 12.4 Å². The fourth-order valence-electron chi connectivity index (χ4n) is 1.32. The van der Waals surface area contributed by atoms with Crippen LogP contribution in [0.25, 0.3) is 0 Å². The molecule has 0 atom stereocenters. The Kier molecular flexibility index (Phi) is 3.37. The van der Waals surface area contributed by atoms with Gasteiger partial charge in [-0.15, -0.1) is 0 Å². The molecule has 0 amide bonds. The van der Waals surface area contributed by atoms with Crippen LogP contribution in [0.3, 0.4) is 0 Å². The molecular formula is C12H12ClN3. The first-order valence-electron chi connectivity index (χ1n) is 5.00. The van der Waals surface area contributed by atoms with Crippen molar-refractivity contribution in [1.29, 1.82) is 0 Å². The van der Waals surface area contributed by atoms with E-state index in [0.717, 1.165) is 16.9 Å². The molecule has 0 saturated carbocycles. The van der Waals surface area contributed by atoms with Gasteiger partial charge in [0.1, 0.15) is 0 Å². The molecule has 0 aliphatic heterocycles. The molecule has 2 heterocycles. The second-order valence-corrected chi connectivity index (χ2v) is 3.92. The Morgan fingerprint density at radius 1 is 1.25 bits per heavy atom. The van der Waals surface area contributed by atoms with Crippen LogP contribution in [0, 0.1) is 6.92 Å². The monoisotopic (exact) mass is 233 g/mol. The summed E-state index contributed by atoms with van der Waals surface area (Å²) in [6.07, 6.45) is 5.19. The average molecular weight is 234 g/mol. The quantitative estimate of drug-likeness (QED) is 0.886. The van der Waals surface area contributed by atoms with Crippen LogP contribution in [0.5, 0.6) is 0 Å². The Morgan fingerprint density at radius 2 is 2.12 bits per heavy atom. The zero-order chi connectivity index (χ0) is 11.4. The maximum absolute atomic E-state index is 5.98. The van der Waals surface area contributed by atoms with Crippen LogP contribution in [-0.4, -0.2) is 9.97 Å². The van der Waals surface area contributed by atoms with Gasteiger partial charge in [0.2, 0.25) is 0 Å². The van der Waals surface area contributed by atoms with E-state index in [0.29, 0.717) is 11.6 Å². The Labute approximate surface area is 99.5 Å². The predicted octanol–water partition coefficient (Wildman–Crippen LogP) is 3.05. The second-order valence-electron chi connectivity index (χ2n) is 3.52. The number of anilines is 1. The van der Waals surface area contributed by atoms with E-state index < -0.39 is 0 Å². The van der Waals surface area contributed by atoms with Crippen LogP contribution < -0.4 is 5.32 Å². The minimum atomic E-state index is 0.627. The number of hydrogen-bond donors (Lipinski definition) is 1. The zero-order valence-corrected chi connectivity index (χ0v) is 9.70. The summed E-state index contributed by atoms with van der Waals surface area (Å²) in [6.45, 7) is 2.67. The molecule has 0 fully saturated rings. The van der Waals surface area contributed by atoms with Crippen molar-refractivity contribution in [2.75, 3.05) is 5.32 Å². The Bertz CT molecular complexity index is 468. The van der Waals surface area contributed by atoms with Crippen molar-refractivity contribution in [3.05, 3.63) is 53.1 Å². The van der Waals surface area contributed by atoms with Crippen molar-refractivity contribution in [2.24, 2.45) is 0 Å². The van der Waals surface area contributed by atoms with Crippen molar-refractivity contribution in [3.63, 3.8) is 0 Å². The highest BCUT2D eigenvalue weighted by molar-refractivity contribution is 6.33. The van der Waals surface area contributed by atoms with Gasteiger partial charge in [0.05, 0.1) is 10.7 Å². The summed E-state index contributed by atoms with van der Waals surface area (Å²) in [4.78, 5) is 8.16. The highest BCUT2D eigenvalue weighted by Gasteiger charge is 1.99. The molecule has 2 aromatic rings. The molecule has 0 aliphatic rings. The van der Waals surface area contributed by atoms with E-state index in [4.69, 9.17) is 11.6 Å². The van der Waals surface area contributed by atoms with E-state index in [2.05, 4.69) is 15.3 Å². The first kappa shape index (κ1) is 10.9. The van der Waals surface area contributed by atoms with Crippen LogP contribution >= 0.6 is 11.6 Å². The summed E-state index contributed by atoms with van der Waals surface area (Å²) < 4.78 is 0. The van der Waals surface area contributed by atoms with Gasteiger partial charge in [-0.2, -0.15) is 0 Å². The third-order valence-electron chi connectivity index (χ3n) is 2.23. The standard InChI is InChI=1S/C12H12ClN3/c1-9-2-3-10(6-15-9)7-16-12-4-5-14-8-11(12)13/h2-6,8H,7H2,1H3,(H,14,16). The predicted molar refractivity (Wildman–Crippen MR) is 65.5 cm³/mol. The average Bonchev–Trinajstić information content (AvgIpc) is 2.30. The van der Waals surface area contributed by atoms with Gasteiger partial charge in [0.25, 0.3) is 0 Å². The molecule has 2 rings (SSSR count). The van der Waals surface area contributed by atoms with Gasteiger partial charge in [-0.3, -0.25) is 9.97 Å². The fourth-order valence-corrected chi connectivity index (χ4v) is 1.51.